The second-order valence-electron chi connectivity index (χ2n) is 8.25. The Kier molecular flexibility index (Phi) is 9.37. The minimum absolute atomic E-state index is 0.201. The second-order valence-corrected chi connectivity index (χ2v) is 8.25. The molecule has 0 spiro atoms. The first-order chi connectivity index (χ1) is 17.8. The van der Waals surface area contributed by atoms with Crippen LogP contribution in [0.1, 0.15) is 29.2 Å². The Labute approximate surface area is 215 Å². The van der Waals surface area contributed by atoms with E-state index in [0.717, 1.165) is 16.7 Å². The van der Waals surface area contributed by atoms with Crippen LogP contribution in [0.15, 0.2) is 65.8 Å². The quantitative estimate of drug-likeness (QED) is 0.231. The molecule has 3 aromatic rings. The van der Waals surface area contributed by atoms with Crippen molar-refractivity contribution in [3.63, 3.8) is 0 Å². The molecule has 3 rings (SSSR count). The summed E-state index contributed by atoms with van der Waals surface area (Å²) < 4.78 is 11.3. The van der Waals surface area contributed by atoms with E-state index in [-0.39, 0.29) is 12.5 Å². The van der Waals surface area contributed by atoms with Crippen LogP contribution in [-0.4, -0.2) is 37.1 Å². The van der Waals surface area contributed by atoms with E-state index in [1.54, 1.807) is 36.4 Å². The number of rotatable bonds is 9. The molecule has 0 saturated carbocycles. The van der Waals surface area contributed by atoms with Crippen molar-refractivity contribution in [1.29, 1.82) is 0 Å². The molecule has 37 heavy (non-hydrogen) atoms. The Hall–Kier alpha value is -4.66. The number of hydrogen-bond acceptors (Lipinski definition) is 6. The molecular weight excluding hydrogens is 472 g/mol. The zero-order valence-corrected chi connectivity index (χ0v) is 21.3. The number of carbonyl (C=O) groups is 3. The highest BCUT2D eigenvalue weighted by Crippen LogP contribution is 2.28. The highest BCUT2D eigenvalue weighted by molar-refractivity contribution is 6.39. The van der Waals surface area contributed by atoms with Crippen molar-refractivity contribution in [2.45, 2.75) is 27.7 Å². The van der Waals surface area contributed by atoms with Crippen LogP contribution in [-0.2, 0) is 14.4 Å². The van der Waals surface area contributed by atoms with E-state index < -0.39 is 11.8 Å². The maximum atomic E-state index is 12.3. The molecule has 3 N–H and O–H groups in total. The van der Waals surface area contributed by atoms with Gasteiger partial charge in [0.1, 0.15) is 0 Å². The highest BCUT2D eigenvalue weighted by atomic mass is 16.5. The number of amides is 3. The van der Waals surface area contributed by atoms with Crippen LogP contribution in [0.4, 0.5) is 11.4 Å². The number of nitrogens with one attached hydrogen (secondary N) is 3. The molecule has 0 radical (unpaired) electrons. The van der Waals surface area contributed by atoms with Gasteiger partial charge < -0.3 is 20.1 Å². The summed E-state index contributed by atoms with van der Waals surface area (Å²) in [7, 11) is 0. The van der Waals surface area contributed by atoms with Crippen molar-refractivity contribution in [3.05, 3.63) is 82.9 Å². The maximum Gasteiger partial charge on any atom is 0.329 e. The van der Waals surface area contributed by atoms with E-state index in [0.29, 0.717) is 35.0 Å². The number of benzene rings is 3. The van der Waals surface area contributed by atoms with Gasteiger partial charge in [0.25, 0.3) is 5.91 Å². The summed E-state index contributed by atoms with van der Waals surface area (Å²) in [5.41, 5.74) is 6.97. The predicted octanol–water partition coefficient (Wildman–Crippen LogP) is 4.12. The predicted molar refractivity (Wildman–Crippen MR) is 143 cm³/mol. The lowest BCUT2D eigenvalue weighted by molar-refractivity contribution is -0.136. The van der Waals surface area contributed by atoms with E-state index >= 15 is 0 Å². The summed E-state index contributed by atoms with van der Waals surface area (Å²) >= 11 is 0. The fourth-order valence-corrected chi connectivity index (χ4v) is 3.34. The molecule has 3 amide bonds. The van der Waals surface area contributed by atoms with Gasteiger partial charge in [0.2, 0.25) is 0 Å². The van der Waals surface area contributed by atoms with E-state index in [1.165, 1.54) is 6.21 Å². The zero-order valence-electron chi connectivity index (χ0n) is 21.3. The smallest absolute Gasteiger partial charge is 0.329 e. The SMILES string of the molecule is CCOc1cc(/C=N\NC(=O)C(=O)Nc2cccc(C)c2C)ccc1OCC(=O)Nc1cccc(C)c1. The molecule has 3 aromatic carbocycles. The van der Waals surface area contributed by atoms with Crippen molar-refractivity contribution >= 4 is 35.3 Å². The lowest BCUT2D eigenvalue weighted by atomic mass is 10.1. The topological polar surface area (TPSA) is 118 Å². The van der Waals surface area contributed by atoms with Crippen molar-refractivity contribution in [2.75, 3.05) is 23.8 Å². The summed E-state index contributed by atoms with van der Waals surface area (Å²) in [6.45, 7) is 7.72. The average Bonchev–Trinajstić information content (AvgIpc) is 2.86. The molecular formula is C28H30N4O5. The van der Waals surface area contributed by atoms with E-state index in [9.17, 15) is 14.4 Å². The van der Waals surface area contributed by atoms with Gasteiger partial charge in [-0.3, -0.25) is 14.4 Å². The van der Waals surface area contributed by atoms with E-state index in [1.807, 2.05) is 52.0 Å². The fourth-order valence-electron chi connectivity index (χ4n) is 3.34. The molecule has 0 fully saturated rings. The van der Waals surface area contributed by atoms with Crippen LogP contribution < -0.4 is 25.5 Å². The van der Waals surface area contributed by atoms with E-state index in [2.05, 4.69) is 21.2 Å². The highest BCUT2D eigenvalue weighted by Gasteiger charge is 2.14. The third-order valence-corrected chi connectivity index (χ3v) is 5.37. The summed E-state index contributed by atoms with van der Waals surface area (Å²) in [4.78, 5) is 36.6. The first-order valence-electron chi connectivity index (χ1n) is 11.7. The minimum Gasteiger partial charge on any atom is -0.490 e. The van der Waals surface area contributed by atoms with Crippen LogP contribution >= 0.6 is 0 Å². The lowest BCUT2D eigenvalue weighted by Gasteiger charge is -2.13. The fraction of sp³-hybridized carbons (Fsp3) is 0.214. The van der Waals surface area contributed by atoms with Crippen LogP contribution in [0, 0.1) is 20.8 Å². The number of hydrogen-bond donors (Lipinski definition) is 3. The van der Waals surface area contributed by atoms with Gasteiger partial charge in [0.05, 0.1) is 12.8 Å². The molecule has 0 aliphatic rings. The summed E-state index contributed by atoms with van der Waals surface area (Å²) in [5.74, 6) is -1.24. The number of ether oxygens (including phenoxy) is 2. The van der Waals surface area contributed by atoms with Gasteiger partial charge >= 0.3 is 11.8 Å². The van der Waals surface area contributed by atoms with Gasteiger partial charge in [0, 0.05) is 11.4 Å². The van der Waals surface area contributed by atoms with Crippen molar-refractivity contribution in [3.8, 4) is 11.5 Å². The Morgan fingerprint density at radius 3 is 2.41 bits per heavy atom. The summed E-state index contributed by atoms with van der Waals surface area (Å²) in [6, 6.07) is 17.9. The molecule has 9 nitrogen and oxygen atoms in total. The van der Waals surface area contributed by atoms with Gasteiger partial charge in [0.15, 0.2) is 18.1 Å². The normalized spacial score (nSPS) is 10.6. The van der Waals surface area contributed by atoms with E-state index in [4.69, 9.17) is 9.47 Å². The van der Waals surface area contributed by atoms with Crippen LogP contribution in [0.25, 0.3) is 0 Å². The first-order valence-corrected chi connectivity index (χ1v) is 11.7. The van der Waals surface area contributed by atoms with Crippen LogP contribution in [0.5, 0.6) is 11.5 Å². The molecule has 192 valence electrons. The summed E-state index contributed by atoms with van der Waals surface area (Å²) in [6.07, 6.45) is 1.37. The Balaban J connectivity index is 1.57. The minimum atomic E-state index is -0.901. The summed E-state index contributed by atoms with van der Waals surface area (Å²) in [5, 5.41) is 9.22. The number of nitrogens with zero attached hydrogens (tertiary/aromatic N) is 1. The Bertz CT molecular complexity index is 1320. The lowest BCUT2D eigenvalue weighted by Crippen LogP contribution is -2.32. The molecule has 0 atom stereocenters. The molecule has 9 heteroatoms. The molecule has 0 saturated heterocycles. The third kappa shape index (κ3) is 7.93. The Morgan fingerprint density at radius 2 is 1.65 bits per heavy atom. The van der Waals surface area contributed by atoms with Gasteiger partial charge in [-0.1, -0.05) is 24.3 Å². The largest absolute Gasteiger partial charge is 0.490 e. The maximum absolute atomic E-state index is 12.3. The average molecular weight is 503 g/mol. The zero-order chi connectivity index (χ0) is 26.8. The number of anilines is 2. The van der Waals surface area contributed by atoms with Gasteiger partial charge in [-0.15, -0.1) is 0 Å². The second kappa shape index (κ2) is 12.9. The number of hydrazone groups is 1. The number of carbonyl (C=O) groups excluding carboxylic acids is 3. The molecule has 0 aliphatic carbocycles. The van der Waals surface area contributed by atoms with Gasteiger partial charge in [-0.25, -0.2) is 5.43 Å². The van der Waals surface area contributed by atoms with Gasteiger partial charge in [-0.05, 0) is 86.3 Å². The van der Waals surface area contributed by atoms with Crippen molar-refractivity contribution < 1.29 is 23.9 Å². The first kappa shape index (κ1) is 26.9. The number of aryl methyl sites for hydroxylation is 2. The van der Waals surface area contributed by atoms with Gasteiger partial charge in [-0.2, -0.15) is 5.10 Å². The molecule has 0 aromatic heterocycles. The molecule has 0 heterocycles. The molecule has 0 unspecified atom stereocenters. The monoisotopic (exact) mass is 502 g/mol. The molecule has 0 bridgehead atoms. The molecule has 0 aliphatic heterocycles. The van der Waals surface area contributed by atoms with Crippen molar-refractivity contribution in [2.24, 2.45) is 5.10 Å². The standard InChI is InChI=1S/C28H30N4O5/c1-5-36-25-15-21(12-13-24(25)37-17-26(33)30-22-10-6-8-18(2)14-22)16-29-32-28(35)27(34)31-23-11-7-9-19(3)20(23)4/h6-16H,5,17H2,1-4H3,(H,30,33)(H,31,34)(H,32,35)/b29-16-. The Morgan fingerprint density at radius 1 is 0.865 bits per heavy atom. The van der Waals surface area contributed by atoms with Crippen LogP contribution in [0.2, 0.25) is 0 Å². The third-order valence-electron chi connectivity index (χ3n) is 5.37. The van der Waals surface area contributed by atoms with Crippen LogP contribution in [0.3, 0.4) is 0 Å². The van der Waals surface area contributed by atoms with Crippen molar-refractivity contribution in [1.82, 2.24) is 5.43 Å².